The van der Waals surface area contributed by atoms with Crippen molar-refractivity contribution in [3.63, 3.8) is 0 Å². The topological polar surface area (TPSA) is 111 Å². The van der Waals surface area contributed by atoms with E-state index in [1.54, 1.807) is 13.0 Å². The molecule has 10 heteroatoms. The highest BCUT2D eigenvalue weighted by Gasteiger charge is 2.28. The van der Waals surface area contributed by atoms with Crippen LogP contribution in [-0.2, 0) is 27.6 Å². The highest BCUT2D eigenvalue weighted by atomic mass is 32.2. The van der Waals surface area contributed by atoms with Crippen molar-refractivity contribution in [2.75, 3.05) is 19.0 Å². The van der Waals surface area contributed by atoms with Crippen LogP contribution in [0.3, 0.4) is 0 Å². The van der Waals surface area contributed by atoms with Gasteiger partial charge in [-0.2, -0.15) is 0 Å². The van der Waals surface area contributed by atoms with E-state index in [0.717, 1.165) is 36.1 Å². The zero-order chi connectivity index (χ0) is 21.0. The van der Waals surface area contributed by atoms with Crippen molar-refractivity contribution in [2.45, 2.75) is 37.5 Å². The quantitative estimate of drug-likeness (QED) is 0.670. The molecule has 1 aromatic carbocycles. The van der Waals surface area contributed by atoms with Gasteiger partial charge in [-0.3, -0.25) is 5.32 Å². The summed E-state index contributed by atoms with van der Waals surface area (Å²) in [4.78, 5) is 25.8. The molecule has 1 aliphatic rings. The fourth-order valence-corrected chi connectivity index (χ4v) is 5.37. The Bertz CT molecular complexity index is 1030. The van der Waals surface area contributed by atoms with E-state index < -0.39 is 22.0 Å². The molecule has 8 nitrogen and oxygen atoms in total. The number of hydrogen-bond acceptors (Lipinski definition) is 7. The van der Waals surface area contributed by atoms with E-state index >= 15 is 0 Å². The standard InChI is InChI=1S/C19H22N2O6S2/c1-3-27-18(22)16-14-9-4-5-10-15(14)28-17(16)20-19(23)21-29(24,25)13-8-6-7-12(11-13)26-2/h6-8,11H,3-5,9-10H2,1-2H3,(H2,20,21,23). The summed E-state index contributed by atoms with van der Waals surface area (Å²) in [6, 6.07) is 4.82. The molecule has 2 N–H and O–H groups in total. The van der Waals surface area contributed by atoms with Gasteiger partial charge in [0.25, 0.3) is 10.0 Å². The molecule has 1 aromatic heterocycles. The summed E-state index contributed by atoms with van der Waals surface area (Å²) in [5.74, 6) is -0.165. The van der Waals surface area contributed by atoms with E-state index in [-0.39, 0.29) is 11.5 Å². The van der Waals surface area contributed by atoms with Crippen LogP contribution in [-0.4, -0.2) is 34.1 Å². The van der Waals surface area contributed by atoms with E-state index in [1.165, 1.54) is 36.6 Å². The molecule has 3 rings (SSSR count). The Hall–Kier alpha value is -2.59. The molecule has 2 amide bonds. The maximum atomic E-state index is 12.5. The number of methoxy groups -OCH3 is 1. The van der Waals surface area contributed by atoms with Gasteiger partial charge in [0, 0.05) is 10.9 Å². The molecule has 0 fully saturated rings. The molecule has 0 atom stereocenters. The van der Waals surface area contributed by atoms with Crippen LogP contribution in [0.4, 0.5) is 9.80 Å². The summed E-state index contributed by atoms with van der Waals surface area (Å²) in [7, 11) is -2.69. The van der Waals surface area contributed by atoms with Crippen LogP contribution < -0.4 is 14.8 Å². The number of rotatable bonds is 6. The van der Waals surface area contributed by atoms with Gasteiger partial charge in [0.05, 0.1) is 24.2 Å². The fraction of sp³-hybridized carbons (Fsp3) is 0.368. The first-order valence-electron chi connectivity index (χ1n) is 9.15. The van der Waals surface area contributed by atoms with Crippen molar-refractivity contribution in [3.8, 4) is 5.75 Å². The SMILES string of the molecule is CCOC(=O)c1c(NC(=O)NS(=O)(=O)c2cccc(OC)c2)sc2c1CCCC2. The lowest BCUT2D eigenvalue weighted by molar-refractivity contribution is 0.0526. The van der Waals surface area contributed by atoms with E-state index in [1.807, 2.05) is 4.72 Å². The van der Waals surface area contributed by atoms with Crippen molar-refractivity contribution >= 4 is 38.4 Å². The number of anilines is 1. The average Bonchev–Trinajstić information content (AvgIpc) is 3.05. The van der Waals surface area contributed by atoms with Crippen LogP contribution >= 0.6 is 11.3 Å². The highest BCUT2D eigenvalue weighted by Crippen LogP contribution is 2.38. The van der Waals surface area contributed by atoms with Gasteiger partial charge >= 0.3 is 12.0 Å². The fourth-order valence-electron chi connectivity index (χ4n) is 3.15. The molecule has 0 radical (unpaired) electrons. The summed E-state index contributed by atoms with van der Waals surface area (Å²) in [5, 5.41) is 2.82. The van der Waals surface area contributed by atoms with Gasteiger partial charge in [-0.05, 0) is 50.3 Å². The monoisotopic (exact) mass is 438 g/mol. The lowest BCUT2D eigenvalue weighted by Crippen LogP contribution is -2.34. The van der Waals surface area contributed by atoms with E-state index in [2.05, 4.69) is 5.32 Å². The minimum Gasteiger partial charge on any atom is -0.497 e. The third-order valence-electron chi connectivity index (χ3n) is 4.46. The summed E-state index contributed by atoms with van der Waals surface area (Å²) >= 11 is 1.28. The second-order valence-electron chi connectivity index (χ2n) is 6.37. The zero-order valence-corrected chi connectivity index (χ0v) is 17.7. The Labute approximate surface area is 173 Å². The first-order chi connectivity index (χ1) is 13.9. The van der Waals surface area contributed by atoms with Gasteiger partial charge in [0.1, 0.15) is 10.8 Å². The molecule has 29 heavy (non-hydrogen) atoms. The first kappa shape index (κ1) is 21.1. The lowest BCUT2D eigenvalue weighted by Gasteiger charge is -2.12. The molecular weight excluding hydrogens is 416 g/mol. The molecular formula is C19H22N2O6S2. The largest absolute Gasteiger partial charge is 0.497 e. The van der Waals surface area contributed by atoms with Crippen LogP contribution in [0.15, 0.2) is 29.2 Å². The second-order valence-corrected chi connectivity index (χ2v) is 9.16. The summed E-state index contributed by atoms with van der Waals surface area (Å²) in [6.07, 6.45) is 3.50. The number of aryl methyl sites for hydroxylation is 1. The number of benzene rings is 1. The minimum atomic E-state index is -4.11. The van der Waals surface area contributed by atoms with Gasteiger partial charge in [-0.25, -0.2) is 22.7 Å². The van der Waals surface area contributed by atoms with Gasteiger partial charge < -0.3 is 9.47 Å². The summed E-state index contributed by atoms with van der Waals surface area (Å²) in [6.45, 7) is 1.91. The third-order valence-corrected chi connectivity index (χ3v) is 6.99. The molecule has 1 heterocycles. The minimum absolute atomic E-state index is 0.108. The molecule has 156 valence electrons. The Kier molecular flexibility index (Phi) is 6.43. The smallest absolute Gasteiger partial charge is 0.341 e. The number of carbonyl (C=O) groups is 2. The van der Waals surface area contributed by atoms with Gasteiger partial charge in [-0.1, -0.05) is 6.07 Å². The molecule has 0 aliphatic heterocycles. The number of hydrogen-bond donors (Lipinski definition) is 2. The van der Waals surface area contributed by atoms with Crippen LogP contribution in [0.1, 0.15) is 40.6 Å². The molecule has 0 bridgehead atoms. The molecule has 0 spiro atoms. The van der Waals surface area contributed by atoms with Crippen LogP contribution in [0.2, 0.25) is 0 Å². The zero-order valence-electron chi connectivity index (χ0n) is 16.1. The highest BCUT2D eigenvalue weighted by molar-refractivity contribution is 7.90. The molecule has 0 unspecified atom stereocenters. The number of thiophene rings is 1. The van der Waals surface area contributed by atoms with E-state index in [9.17, 15) is 18.0 Å². The number of nitrogens with one attached hydrogen (secondary N) is 2. The average molecular weight is 439 g/mol. The molecule has 0 saturated carbocycles. The third kappa shape index (κ3) is 4.70. The molecule has 0 saturated heterocycles. The number of ether oxygens (including phenoxy) is 2. The Morgan fingerprint density at radius 3 is 2.69 bits per heavy atom. The summed E-state index contributed by atoms with van der Waals surface area (Å²) < 4.78 is 37.1. The Balaban J connectivity index is 1.83. The second kappa shape index (κ2) is 8.83. The van der Waals surface area contributed by atoms with Gasteiger partial charge in [0.15, 0.2) is 0 Å². The maximum Gasteiger partial charge on any atom is 0.341 e. The molecule has 2 aromatic rings. The number of urea groups is 1. The van der Waals surface area contributed by atoms with E-state index in [0.29, 0.717) is 16.3 Å². The molecule has 1 aliphatic carbocycles. The Morgan fingerprint density at radius 2 is 1.97 bits per heavy atom. The van der Waals surface area contributed by atoms with Crippen molar-refractivity contribution in [1.29, 1.82) is 0 Å². The first-order valence-corrected chi connectivity index (χ1v) is 11.4. The van der Waals surface area contributed by atoms with E-state index in [4.69, 9.17) is 9.47 Å². The number of esters is 1. The normalized spacial score (nSPS) is 13.3. The van der Waals surface area contributed by atoms with Gasteiger partial charge in [-0.15, -0.1) is 11.3 Å². The number of fused-ring (bicyclic) bond motifs is 1. The predicted octanol–water partition coefficient (Wildman–Crippen LogP) is 3.32. The van der Waals surface area contributed by atoms with Crippen LogP contribution in [0.5, 0.6) is 5.75 Å². The summed E-state index contributed by atoms with van der Waals surface area (Å²) in [5.41, 5.74) is 1.20. The lowest BCUT2D eigenvalue weighted by atomic mass is 9.95. The van der Waals surface area contributed by atoms with Gasteiger partial charge in [0.2, 0.25) is 0 Å². The predicted molar refractivity (Wildman–Crippen MR) is 109 cm³/mol. The van der Waals surface area contributed by atoms with Crippen molar-refractivity contribution in [3.05, 3.63) is 40.3 Å². The maximum absolute atomic E-state index is 12.5. The van der Waals surface area contributed by atoms with Crippen LogP contribution in [0.25, 0.3) is 0 Å². The number of amides is 2. The van der Waals surface area contributed by atoms with Crippen molar-refractivity contribution in [1.82, 2.24) is 4.72 Å². The number of carbonyl (C=O) groups excluding carboxylic acids is 2. The number of sulfonamides is 1. The van der Waals surface area contributed by atoms with Crippen molar-refractivity contribution in [2.24, 2.45) is 0 Å². The van der Waals surface area contributed by atoms with Crippen LogP contribution in [0, 0.1) is 0 Å². The Morgan fingerprint density at radius 1 is 1.21 bits per heavy atom. The van der Waals surface area contributed by atoms with Crippen molar-refractivity contribution < 1.29 is 27.5 Å².